The molecule has 2 amide bonds. The monoisotopic (exact) mass is 570 g/mol. The Kier molecular flexibility index (Phi) is 8.03. The second kappa shape index (κ2) is 11.3. The van der Waals surface area contributed by atoms with Gasteiger partial charge in [-0.2, -0.15) is 5.10 Å². The fraction of sp³-hybridized carbons (Fsp3) is 0.414. The largest absolute Gasteiger partial charge is 0.376 e. The summed E-state index contributed by atoms with van der Waals surface area (Å²) in [6.07, 6.45) is 1.84. The van der Waals surface area contributed by atoms with Crippen LogP contribution in [0.4, 0.5) is 10.2 Å². The number of carbonyl (C=O) groups excluding carboxylic acids is 2. The molecule has 2 aliphatic rings. The second-order valence-corrected chi connectivity index (χ2v) is 12.4. The molecule has 5 rings (SSSR count). The summed E-state index contributed by atoms with van der Waals surface area (Å²) >= 11 is 8.14. The number of thioether (sulfide) groups is 1. The number of benzene rings is 2. The number of hydrogen-bond acceptors (Lipinski definition) is 5. The van der Waals surface area contributed by atoms with E-state index in [2.05, 4.69) is 5.32 Å². The van der Waals surface area contributed by atoms with Crippen molar-refractivity contribution in [1.29, 1.82) is 0 Å². The number of nitrogens with one attached hydrogen (secondary N) is 1. The number of fused-ring (bicyclic) bond motifs is 1. The van der Waals surface area contributed by atoms with Crippen LogP contribution in [0.3, 0.4) is 0 Å². The highest BCUT2D eigenvalue weighted by atomic mass is 35.5. The molecule has 0 saturated carbocycles. The third-order valence-corrected chi connectivity index (χ3v) is 8.47. The first kappa shape index (κ1) is 27.7. The molecule has 1 fully saturated rings. The zero-order chi connectivity index (χ0) is 27.7. The lowest BCUT2D eigenvalue weighted by Gasteiger charge is -2.25. The lowest BCUT2D eigenvalue weighted by molar-refractivity contribution is -0.123. The number of aromatic nitrogens is 2. The van der Waals surface area contributed by atoms with Crippen LogP contribution in [0, 0.1) is 5.82 Å². The molecular weight excluding hydrogens is 539 g/mol. The first-order valence-corrected chi connectivity index (χ1v) is 14.5. The fourth-order valence-electron chi connectivity index (χ4n) is 5.03. The molecule has 10 heteroatoms. The zero-order valence-corrected chi connectivity index (χ0v) is 23.8. The Morgan fingerprint density at radius 1 is 1.23 bits per heavy atom. The van der Waals surface area contributed by atoms with E-state index in [1.807, 2.05) is 45.0 Å². The number of halogens is 2. The molecule has 0 spiro atoms. The van der Waals surface area contributed by atoms with Crippen LogP contribution in [0.2, 0.25) is 5.02 Å². The van der Waals surface area contributed by atoms with E-state index < -0.39 is 11.2 Å². The van der Waals surface area contributed by atoms with Crippen LogP contribution < -0.4 is 10.2 Å². The maximum absolute atomic E-state index is 14.4. The molecule has 1 N–H and O–H groups in total. The van der Waals surface area contributed by atoms with Crippen molar-refractivity contribution in [3.05, 3.63) is 76.2 Å². The molecule has 39 heavy (non-hydrogen) atoms. The smallest absolute Gasteiger partial charge is 0.240 e. The summed E-state index contributed by atoms with van der Waals surface area (Å²) in [7, 11) is 0. The Morgan fingerprint density at radius 3 is 2.72 bits per heavy atom. The minimum absolute atomic E-state index is 0.0187. The van der Waals surface area contributed by atoms with Crippen LogP contribution in [0.1, 0.15) is 55.7 Å². The molecule has 1 saturated heterocycles. The Labute approximate surface area is 237 Å². The van der Waals surface area contributed by atoms with Crippen LogP contribution in [0.15, 0.2) is 48.5 Å². The predicted molar refractivity (Wildman–Crippen MR) is 152 cm³/mol. The van der Waals surface area contributed by atoms with Gasteiger partial charge in [0.05, 0.1) is 28.5 Å². The average molecular weight is 571 g/mol. The maximum Gasteiger partial charge on any atom is 0.240 e. The number of carbonyl (C=O) groups is 2. The van der Waals surface area contributed by atoms with Gasteiger partial charge in [0.2, 0.25) is 11.8 Å². The summed E-state index contributed by atoms with van der Waals surface area (Å²) in [5, 5.41) is 8.15. The molecule has 3 aromatic rings. The molecule has 1 aromatic heterocycles. The summed E-state index contributed by atoms with van der Waals surface area (Å²) < 4.78 is 21.6. The summed E-state index contributed by atoms with van der Waals surface area (Å²) in [5.74, 6) is -0.364. The molecule has 0 bridgehead atoms. The predicted octanol–water partition coefficient (Wildman–Crippen LogP) is 5.43. The average Bonchev–Trinajstić information content (AvgIpc) is 3.53. The molecule has 7 nitrogen and oxygen atoms in total. The van der Waals surface area contributed by atoms with Crippen molar-refractivity contribution in [2.45, 2.75) is 50.4 Å². The van der Waals surface area contributed by atoms with Gasteiger partial charge in [-0.1, -0.05) is 56.6 Å². The topological polar surface area (TPSA) is 76.5 Å². The molecule has 3 heterocycles. The van der Waals surface area contributed by atoms with E-state index in [-0.39, 0.29) is 35.5 Å². The molecule has 0 aliphatic carbocycles. The van der Waals surface area contributed by atoms with Crippen molar-refractivity contribution in [3.63, 3.8) is 0 Å². The lowest BCUT2D eigenvalue weighted by Crippen LogP contribution is -2.44. The second-order valence-electron chi connectivity index (χ2n) is 10.9. The van der Waals surface area contributed by atoms with Crippen molar-refractivity contribution < 1.29 is 18.7 Å². The summed E-state index contributed by atoms with van der Waals surface area (Å²) in [6, 6.07) is 13.6. The third kappa shape index (κ3) is 5.85. The molecular formula is C29H32ClFN4O3S. The number of hydrogen-bond donors (Lipinski definition) is 1. The third-order valence-electron chi connectivity index (χ3n) is 6.89. The Bertz CT molecular complexity index is 1380. The van der Waals surface area contributed by atoms with Crippen molar-refractivity contribution in [3.8, 4) is 5.69 Å². The Balaban J connectivity index is 1.66. The first-order valence-electron chi connectivity index (χ1n) is 13.1. The van der Waals surface area contributed by atoms with Gasteiger partial charge in [0.25, 0.3) is 0 Å². The van der Waals surface area contributed by atoms with Gasteiger partial charge in [-0.15, -0.1) is 11.8 Å². The normalized spacial score (nSPS) is 19.6. The molecule has 2 atom stereocenters. The summed E-state index contributed by atoms with van der Waals surface area (Å²) in [6.45, 7) is 7.03. The Hall–Kier alpha value is -2.88. The molecule has 206 valence electrons. The van der Waals surface area contributed by atoms with Gasteiger partial charge in [0, 0.05) is 29.2 Å². The number of rotatable bonds is 6. The van der Waals surface area contributed by atoms with E-state index in [0.717, 1.165) is 29.7 Å². The van der Waals surface area contributed by atoms with Crippen molar-refractivity contribution in [1.82, 2.24) is 15.1 Å². The summed E-state index contributed by atoms with van der Waals surface area (Å²) in [5.41, 5.74) is 2.43. The number of ether oxygens (including phenoxy) is 1. The fourth-order valence-corrected chi connectivity index (χ4v) is 6.57. The zero-order valence-electron chi connectivity index (χ0n) is 22.2. The van der Waals surface area contributed by atoms with Crippen LogP contribution >= 0.6 is 23.4 Å². The SMILES string of the molecule is CC(C)(C)c1nn(-c2cccc(F)c2)c2c1[C@@H](c1ccccc1Cl)SCC(=O)N2CC(=O)NC[C@@H]1CCCO1. The van der Waals surface area contributed by atoms with Gasteiger partial charge in [-0.3, -0.25) is 14.5 Å². The minimum Gasteiger partial charge on any atom is -0.376 e. The van der Waals surface area contributed by atoms with Crippen molar-refractivity contribution >= 4 is 41.0 Å². The first-order chi connectivity index (χ1) is 18.6. The molecule has 2 aliphatic heterocycles. The highest BCUT2D eigenvalue weighted by Gasteiger charge is 2.40. The maximum atomic E-state index is 14.4. The van der Waals surface area contributed by atoms with Gasteiger partial charge in [-0.25, -0.2) is 9.07 Å². The van der Waals surface area contributed by atoms with Crippen molar-refractivity contribution in [2.24, 2.45) is 0 Å². The Morgan fingerprint density at radius 2 is 2.03 bits per heavy atom. The standard InChI is InChI=1S/C29H32ClFN4O3S/c1-29(2,3)27-25-26(21-11-4-5-12-22(21)30)39-17-24(37)34(16-23(36)32-15-20-10-7-13-38-20)28(25)35(33-27)19-9-6-8-18(31)14-19/h4-6,8-9,11-12,14,20,26H,7,10,13,15-17H2,1-3H3,(H,32,36)/t20-,26+/m0/s1. The van der Waals surface area contributed by atoms with E-state index in [1.165, 1.54) is 28.8 Å². The van der Waals surface area contributed by atoms with Crippen molar-refractivity contribution in [2.75, 3.05) is 30.3 Å². The van der Waals surface area contributed by atoms with E-state index in [4.69, 9.17) is 21.4 Å². The van der Waals surface area contributed by atoms with Gasteiger partial charge in [0.1, 0.15) is 18.2 Å². The quantitative estimate of drug-likeness (QED) is 0.428. The molecule has 0 radical (unpaired) electrons. The lowest BCUT2D eigenvalue weighted by atomic mass is 9.87. The van der Waals surface area contributed by atoms with Crippen LogP contribution in [0.25, 0.3) is 5.69 Å². The van der Waals surface area contributed by atoms with Gasteiger partial charge < -0.3 is 10.1 Å². The van der Waals surface area contributed by atoms with Gasteiger partial charge in [0.15, 0.2) is 0 Å². The number of anilines is 1. The molecule has 0 unspecified atom stereocenters. The number of amides is 2. The van der Waals surface area contributed by atoms with Crippen LogP contribution in [0.5, 0.6) is 0 Å². The van der Waals surface area contributed by atoms with E-state index in [9.17, 15) is 14.0 Å². The highest BCUT2D eigenvalue weighted by molar-refractivity contribution is 8.00. The van der Waals surface area contributed by atoms with E-state index in [0.29, 0.717) is 29.7 Å². The molecule has 2 aromatic carbocycles. The number of nitrogens with zero attached hydrogens (tertiary/aromatic N) is 3. The van der Waals surface area contributed by atoms with E-state index in [1.54, 1.807) is 16.8 Å². The van der Waals surface area contributed by atoms with Gasteiger partial charge >= 0.3 is 0 Å². The minimum atomic E-state index is -0.427. The van der Waals surface area contributed by atoms with Crippen LogP contribution in [-0.4, -0.2) is 53.1 Å². The van der Waals surface area contributed by atoms with Gasteiger partial charge in [-0.05, 0) is 42.7 Å². The summed E-state index contributed by atoms with van der Waals surface area (Å²) in [4.78, 5) is 28.3. The highest BCUT2D eigenvalue weighted by Crippen LogP contribution is 2.49. The van der Waals surface area contributed by atoms with E-state index >= 15 is 0 Å². The van der Waals surface area contributed by atoms with Crippen LogP contribution in [-0.2, 0) is 19.7 Å².